The summed E-state index contributed by atoms with van der Waals surface area (Å²) in [6.45, 7) is 6.22. The van der Waals surface area contributed by atoms with Crippen molar-refractivity contribution in [3.8, 4) is 0 Å². The van der Waals surface area contributed by atoms with E-state index in [0.717, 1.165) is 0 Å². The Kier molecular flexibility index (Phi) is 2.83. The molecule has 14 heavy (non-hydrogen) atoms. The number of carboxylic acids is 1. The predicted molar refractivity (Wildman–Crippen MR) is 49.6 cm³/mol. The first-order valence-corrected chi connectivity index (χ1v) is 4.71. The number of esters is 1. The zero-order valence-corrected chi connectivity index (χ0v) is 8.74. The highest BCUT2D eigenvalue weighted by Crippen LogP contribution is 2.39. The summed E-state index contributed by atoms with van der Waals surface area (Å²) in [5.41, 5.74) is -0.0662. The molecule has 0 aliphatic heterocycles. The molecule has 0 aromatic carbocycles. The van der Waals surface area contributed by atoms with Crippen LogP contribution in [-0.4, -0.2) is 23.7 Å². The lowest BCUT2D eigenvalue weighted by Crippen LogP contribution is -2.20. The zero-order valence-electron chi connectivity index (χ0n) is 8.74. The molecule has 4 nitrogen and oxygen atoms in total. The highest BCUT2D eigenvalue weighted by atomic mass is 16.5. The quantitative estimate of drug-likeness (QED) is 0.697. The van der Waals surface area contributed by atoms with E-state index in [2.05, 4.69) is 0 Å². The van der Waals surface area contributed by atoms with Gasteiger partial charge in [0.1, 0.15) is 0 Å². The molecule has 1 N–H and O–H groups in total. The van der Waals surface area contributed by atoms with Crippen LogP contribution in [0.15, 0.2) is 0 Å². The van der Waals surface area contributed by atoms with Crippen molar-refractivity contribution in [3.05, 3.63) is 0 Å². The monoisotopic (exact) mass is 200 g/mol. The molecule has 0 saturated heterocycles. The lowest BCUT2D eigenvalue weighted by Gasteiger charge is -2.17. The summed E-state index contributed by atoms with van der Waals surface area (Å²) in [6, 6.07) is 0. The van der Waals surface area contributed by atoms with Crippen molar-refractivity contribution in [1.29, 1.82) is 0 Å². The number of carbonyl (C=O) groups excluding carboxylic acids is 1. The molecule has 0 unspecified atom stereocenters. The summed E-state index contributed by atoms with van der Waals surface area (Å²) in [5.74, 6) is -2.19. The summed E-state index contributed by atoms with van der Waals surface area (Å²) < 4.78 is 5.01. The summed E-state index contributed by atoms with van der Waals surface area (Å²) in [4.78, 5) is 21.8. The van der Waals surface area contributed by atoms with Gasteiger partial charge in [-0.2, -0.15) is 0 Å². The van der Waals surface area contributed by atoms with Crippen LogP contribution in [-0.2, 0) is 14.3 Å². The maximum absolute atomic E-state index is 11.3. The fourth-order valence-corrected chi connectivity index (χ4v) is 1.12. The molecule has 1 rings (SSSR count). The second-order valence-electron chi connectivity index (χ2n) is 4.96. The first-order valence-electron chi connectivity index (χ1n) is 4.71. The van der Waals surface area contributed by atoms with Gasteiger partial charge < -0.3 is 9.84 Å². The maximum Gasteiger partial charge on any atom is 0.309 e. The Morgan fingerprint density at radius 3 is 2.29 bits per heavy atom. The minimum Gasteiger partial charge on any atom is -0.481 e. The van der Waals surface area contributed by atoms with Gasteiger partial charge in [-0.05, 0) is 11.8 Å². The largest absolute Gasteiger partial charge is 0.481 e. The van der Waals surface area contributed by atoms with Crippen molar-refractivity contribution < 1.29 is 19.4 Å². The standard InChI is InChI=1S/C10H16O4/c1-10(2,3)5-14-9(13)7-4-6(7)8(11)12/h6-7H,4-5H2,1-3H3,(H,11,12)/t6-,7+/m0/s1. The van der Waals surface area contributed by atoms with E-state index in [4.69, 9.17) is 9.84 Å². The van der Waals surface area contributed by atoms with Crippen LogP contribution >= 0.6 is 0 Å². The summed E-state index contributed by atoms with van der Waals surface area (Å²) in [7, 11) is 0. The Morgan fingerprint density at radius 1 is 1.36 bits per heavy atom. The van der Waals surface area contributed by atoms with Crippen molar-refractivity contribution in [1.82, 2.24) is 0 Å². The van der Waals surface area contributed by atoms with Gasteiger partial charge >= 0.3 is 11.9 Å². The fourth-order valence-electron chi connectivity index (χ4n) is 1.12. The highest BCUT2D eigenvalue weighted by Gasteiger charge is 2.49. The van der Waals surface area contributed by atoms with E-state index in [0.29, 0.717) is 13.0 Å². The molecule has 0 spiro atoms. The molecule has 1 aliphatic rings. The van der Waals surface area contributed by atoms with Crippen molar-refractivity contribution in [3.63, 3.8) is 0 Å². The van der Waals surface area contributed by atoms with Crippen LogP contribution in [0.5, 0.6) is 0 Å². The fraction of sp³-hybridized carbons (Fsp3) is 0.800. The van der Waals surface area contributed by atoms with Gasteiger partial charge in [-0.3, -0.25) is 9.59 Å². The number of rotatable bonds is 3. The van der Waals surface area contributed by atoms with Crippen LogP contribution in [0.3, 0.4) is 0 Å². The average Bonchev–Trinajstić information content (AvgIpc) is 2.77. The van der Waals surface area contributed by atoms with Gasteiger partial charge in [0.25, 0.3) is 0 Å². The van der Waals surface area contributed by atoms with E-state index in [1.165, 1.54) is 0 Å². The molecule has 0 bridgehead atoms. The molecular weight excluding hydrogens is 184 g/mol. The Balaban J connectivity index is 2.29. The Bertz CT molecular complexity index is 251. The van der Waals surface area contributed by atoms with Gasteiger partial charge in [-0.1, -0.05) is 20.8 Å². The summed E-state index contributed by atoms with van der Waals surface area (Å²) in [5, 5.41) is 8.59. The summed E-state index contributed by atoms with van der Waals surface area (Å²) in [6.07, 6.45) is 0.429. The number of hydrogen-bond donors (Lipinski definition) is 1. The van der Waals surface area contributed by atoms with Gasteiger partial charge in [0.05, 0.1) is 18.4 Å². The SMILES string of the molecule is CC(C)(C)COC(=O)[C@@H]1C[C@@H]1C(=O)O. The Labute approximate surface area is 83.2 Å². The van der Waals surface area contributed by atoms with Crippen LogP contribution in [0.2, 0.25) is 0 Å². The molecule has 80 valence electrons. The third-order valence-electron chi connectivity index (χ3n) is 2.06. The van der Waals surface area contributed by atoms with E-state index >= 15 is 0 Å². The molecule has 4 heteroatoms. The molecule has 0 radical (unpaired) electrons. The molecule has 0 heterocycles. The van der Waals surface area contributed by atoms with Crippen LogP contribution < -0.4 is 0 Å². The first kappa shape index (κ1) is 11.0. The van der Waals surface area contributed by atoms with E-state index in [9.17, 15) is 9.59 Å². The minimum absolute atomic E-state index is 0.0662. The Hall–Kier alpha value is -1.06. The smallest absolute Gasteiger partial charge is 0.309 e. The number of hydrogen-bond acceptors (Lipinski definition) is 3. The third-order valence-corrected chi connectivity index (χ3v) is 2.06. The number of ether oxygens (including phenoxy) is 1. The maximum atomic E-state index is 11.3. The predicted octanol–water partition coefficient (Wildman–Crippen LogP) is 1.30. The van der Waals surface area contributed by atoms with Gasteiger partial charge in [-0.15, -0.1) is 0 Å². The van der Waals surface area contributed by atoms with Crippen molar-refractivity contribution in [2.24, 2.45) is 17.3 Å². The van der Waals surface area contributed by atoms with Gasteiger partial charge in [0, 0.05) is 0 Å². The molecule has 2 atom stereocenters. The van der Waals surface area contributed by atoms with E-state index in [-0.39, 0.29) is 11.4 Å². The summed E-state index contributed by atoms with van der Waals surface area (Å²) >= 11 is 0. The van der Waals surface area contributed by atoms with E-state index in [1.54, 1.807) is 0 Å². The second-order valence-corrected chi connectivity index (χ2v) is 4.96. The third kappa shape index (κ3) is 3.01. The highest BCUT2D eigenvalue weighted by molar-refractivity contribution is 5.86. The molecular formula is C10H16O4. The van der Waals surface area contributed by atoms with Gasteiger partial charge in [0.2, 0.25) is 0 Å². The van der Waals surface area contributed by atoms with Crippen LogP contribution in [0.4, 0.5) is 0 Å². The molecule has 0 aromatic heterocycles. The molecule has 0 aromatic rings. The number of carboxylic acid groups (broad SMARTS) is 1. The lowest BCUT2D eigenvalue weighted by molar-refractivity contribution is -0.151. The number of carbonyl (C=O) groups is 2. The molecule has 0 amide bonds. The lowest BCUT2D eigenvalue weighted by atomic mass is 9.99. The van der Waals surface area contributed by atoms with Gasteiger partial charge in [-0.25, -0.2) is 0 Å². The van der Waals surface area contributed by atoms with E-state index < -0.39 is 17.8 Å². The zero-order chi connectivity index (χ0) is 10.9. The number of aliphatic carboxylic acids is 1. The van der Waals surface area contributed by atoms with Crippen LogP contribution in [0, 0.1) is 17.3 Å². The van der Waals surface area contributed by atoms with Crippen LogP contribution in [0.25, 0.3) is 0 Å². The second kappa shape index (κ2) is 3.59. The van der Waals surface area contributed by atoms with Crippen molar-refractivity contribution >= 4 is 11.9 Å². The first-order chi connectivity index (χ1) is 6.31. The van der Waals surface area contributed by atoms with Crippen molar-refractivity contribution in [2.75, 3.05) is 6.61 Å². The van der Waals surface area contributed by atoms with Gasteiger partial charge in [0.15, 0.2) is 0 Å². The Morgan fingerprint density at radius 2 is 1.93 bits per heavy atom. The normalized spacial score (nSPS) is 25.6. The molecule has 1 aliphatic carbocycles. The van der Waals surface area contributed by atoms with Crippen LogP contribution in [0.1, 0.15) is 27.2 Å². The molecule has 1 saturated carbocycles. The molecule has 1 fully saturated rings. The van der Waals surface area contributed by atoms with Crippen molar-refractivity contribution in [2.45, 2.75) is 27.2 Å². The van der Waals surface area contributed by atoms with E-state index in [1.807, 2.05) is 20.8 Å². The minimum atomic E-state index is -0.900. The topological polar surface area (TPSA) is 63.6 Å². The average molecular weight is 200 g/mol.